The molecule has 6 nitrogen and oxygen atoms in total. The van der Waals surface area contributed by atoms with E-state index in [-0.39, 0.29) is 12.6 Å². The minimum absolute atomic E-state index is 0.256. The number of nitrogens with one attached hydrogen (secondary N) is 1. The molecule has 0 spiro atoms. The Bertz CT molecular complexity index is 1250. The monoisotopic (exact) mass is 447 g/mol. The van der Waals surface area contributed by atoms with Gasteiger partial charge in [0, 0.05) is 34.4 Å². The van der Waals surface area contributed by atoms with Crippen molar-refractivity contribution >= 4 is 51.5 Å². The number of amides is 3. The summed E-state index contributed by atoms with van der Waals surface area (Å²) in [5.41, 5.74) is 4.64. The Kier molecular flexibility index (Phi) is 5.93. The summed E-state index contributed by atoms with van der Waals surface area (Å²) in [6.07, 6.45) is 3.74. The molecule has 7 heteroatoms. The van der Waals surface area contributed by atoms with Crippen molar-refractivity contribution in [3.05, 3.63) is 70.3 Å². The minimum Gasteiger partial charge on any atom is -0.344 e. The molecule has 0 saturated carbocycles. The van der Waals surface area contributed by atoms with Crippen LogP contribution >= 0.6 is 11.8 Å². The molecule has 0 aliphatic carbocycles. The SMILES string of the molecule is Cc1cc(C)cc(NC(=O)CN2C(=O)S/C(=C/c3cn(C(C)C)c4ccccc34)C2=O)c1. The number of hydrogen-bond donors (Lipinski definition) is 1. The smallest absolute Gasteiger partial charge is 0.294 e. The van der Waals surface area contributed by atoms with Gasteiger partial charge in [-0.2, -0.15) is 0 Å². The first kappa shape index (κ1) is 21.9. The Hall–Kier alpha value is -3.32. The molecule has 0 atom stereocenters. The molecule has 4 rings (SSSR count). The van der Waals surface area contributed by atoms with Crippen molar-refractivity contribution < 1.29 is 14.4 Å². The maximum absolute atomic E-state index is 12.9. The molecule has 2 heterocycles. The Balaban J connectivity index is 1.55. The van der Waals surface area contributed by atoms with Gasteiger partial charge in [0.1, 0.15) is 6.54 Å². The third-order valence-corrected chi connectivity index (χ3v) is 6.20. The zero-order valence-corrected chi connectivity index (χ0v) is 19.3. The van der Waals surface area contributed by atoms with Gasteiger partial charge in [-0.1, -0.05) is 24.3 Å². The van der Waals surface area contributed by atoms with Crippen LogP contribution < -0.4 is 5.32 Å². The van der Waals surface area contributed by atoms with Gasteiger partial charge in [0.25, 0.3) is 11.1 Å². The number of thioether (sulfide) groups is 1. The van der Waals surface area contributed by atoms with Crippen LogP contribution in [-0.2, 0) is 9.59 Å². The van der Waals surface area contributed by atoms with Crippen LogP contribution in [-0.4, -0.2) is 33.1 Å². The van der Waals surface area contributed by atoms with E-state index in [1.807, 2.05) is 62.5 Å². The van der Waals surface area contributed by atoms with E-state index in [0.717, 1.165) is 44.3 Å². The van der Waals surface area contributed by atoms with Crippen LogP contribution in [0, 0.1) is 13.8 Å². The second-order valence-corrected chi connectivity index (χ2v) is 9.29. The van der Waals surface area contributed by atoms with Gasteiger partial charge in [-0.15, -0.1) is 0 Å². The summed E-state index contributed by atoms with van der Waals surface area (Å²) in [7, 11) is 0. The van der Waals surface area contributed by atoms with E-state index in [4.69, 9.17) is 0 Å². The fraction of sp³-hybridized carbons (Fsp3) is 0.240. The van der Waals surface area contributed by atoms with Gasteiger partial charge in [0.2, 0.25) is 5.91 Å². The standard InChI is InChI=1S/C25H25N3O3S/c1-15(2)27-13-18(20-7-5-6-8-21(20)27)12-22-24(30)28(25(31)32-22)14-23(29)26-19-10-16(3)9-17(4)11-19/h5-13,15H,14H2,1-4H3,(H,26,29)/b22-12+. The number of aromatic nitrogens is 1. The summed E-state index contributed by atoms with van der Waals surface area (Å²) < 4.78 is 2.14. The van der Waals surface area contributed by atoms with E-state index in [0.29, 0.717) is 10.6 Å². The second-order valence-electron chi connectivity index (χ2n) is 8.30. The highest BCUT2D eigenvalue weighted by Crippen LogP contribution is 2.34. The number of fused-ring (bicyclic) bond motifs is 1. The van der Waals surface area contributed by atoms with Gasteiger partial charge in [0.05, 0.1) is 4.91 Å². The van der Waals surface area contributed by atoms with Crippen LogP contribution in [0.4, 0.5) is 10.5 Å². The number of benzene rings is 2. The molecule has 3 amide bonds. The van der Waals surface area contributed by atoms with E-state index in [1.165, 1.54) is 0 Å². The number of para-hydroxylation sites is 1. The number of anilines is 1. The molecule has 0 unspecified atom stereocenters. The summed E-state index contributed by atoms with van der Waals surface area (Å²) >= 11 is 0.865. The third kappa shape index (κ3) is 4.34. The van der Waals surface area contributed by atoms with E-state index in [9.17, 15) is 14.4 Å². The van der Waals surface area contributed by atoms with E-state index >= 15 is 0 Å². The van der Waals surface area contributed by atoms with Gasteiger partial charge in [-0.25, -0.2) is 0 Å². The Morgan fingerprint density at radius 2 is 1.78 bits per heavy atom. The lowest BCUT2D eigenvalue weighted by molar-refractivity contribution is -0.127. The number of carbonyl (C=O) groups is 3. The number of hydrogen-bond acceptors (Lipinski definition) is 4. The largest absolute Gasteiger partial charge is 0.344 e. The summed E-state index contributed by atoms with van der Waals surface area (Å²) in [5, 5.41) is 3.35. The quantitative estimate of drug-likeness (QED) is 0.523. The molecule has 1 saturated heterocycles. The number of nitrogens with zero attached hydrogens (tertiary/aromatic N) is 2. The summed E-state index contributed by atoms with van der Waals surface area (Å²) in [5.74, 6) is -0.855. The predicted molar refractivity (Wildman–Crippen MR) is 130 cm³/mol. The van der Waals surface area contributed by atoms with Crippen LogP contribution in [0.15, 0.2) is 53.6 Å². The number of imide groups is 1. The molecule has 1 N–H and O–H groups in total. The normalized spacial score (nSPS) is 15.4. The van der Waals surface area contributed by atoms with E-state index < -0.39 is 17.1 Å². The molecule has 0 radical (unpaired) electrons. The molecule has 1 aromatic heterocycles. The van der Waals surface area contributed by atoms with Crippen LogP contribution in [0.5, 0.6) is 0 Å². The maximum atomic E-state index is 12.9. The molecule has 3 aromatic rings. The highest BCUT2D eigenvalue weighted by molar-refractivity contribution is 8.18. The second kappa shape index (κ2) is 8.67. The summed E-state index contributed by atoms with van der Waals surface area (Å²) in [6.45, 7) is 7.76. The van der Waals surface area contributed by atoms with Crippen molar-refractivity contribution in [2.75, 3.05) is 11.9 Å². The van der Waals surface area contributed by atoms with Crippen LogP contribution in [0.3, 0.4) is 0 Å². The summed E-state index contributed by atoms with van der Waals surface area (Å²) in [4.78, 5) is 39.3. The number of aryl methyl sites for hydroxylation is 2. The molecule has 2 aromatic carbocycles. The number of carbonyl (C=O) groups excluding carboxylic acids is 3. The molecule has 1 fully saturated rings. The van der Waals surface area contributed by atoms with Gasteiger partial charge in [-0.05, 0) is 74.9 Å². The van der Waals surface area contributed by atoms with Crippen LogP contribution in [0.1, 0.15) is 36.6 Å². The number of rotatable bonds is 5. The van der Waals surface area contributed by atoms with Crippen molar-refractivity contribution in [3.8, 4) is 0 Å². The van der Waals surface area contributed by atoms with Crippen molar-refractivity contribution in [2.45, 2.75) is 33.7 Å². The Labute approximate surface area is 191 Å². The van der Waals surface area contributed by atoms with Crippen molar-refractivity contribution in [1.82, 2.24) is 9.47 Å². The molecular weight excluding hydrogens is 422 g/mol. The fourth-order valence-corrected chi connectivity index (χ4v) is 4.77. The van der Waals surface area contributed by atoms with E-state index in [2.05, 4.69) is 23.7 Å². The molecular formula is C25H25N3O3S. The average Bonchev–Trinajstić information content (AvgIpc) is 3.20. The lowest BCUT2D eigenvalue weighted by Crippen LogP contribution is -2.36. The van der Waals surface area contributed by atoms with Crippen molar-refractivity contribution in [2.24, 2.45) is 0 Å². The van der Waals surface area contributed by atoms with Gasteiger partial charge in [-0.3, -0.25) is 19.3 Å². The van der Waals surface area contributed by atoms with Gasteiger partial charge >= 0.3 is 0 Å². The molecule has 1 aliphatic rings. The lowest BCUT2D eigenvalue weighted by atomic mass is 10.1. The third-order valence-electron chi connectivity index (χ3n) is 5.30. The minimum atomic E-state index is -0.447. The highest BCUT2D eigenvalue weighted by atomic mass is 32.2. The zero-order chi connectivity index (χ0) is 23.0. The van der Waals surface area contributed by atoms with Gasteiger partial charge < -0.3 is 9.88 Å². The lowest BCUT2D eigenvalue weighted by Gasteiger charge is -2.13. The molecule has 164 valence electrons. The predicted octanol–water partition coefficient (Wildman–Crippen LogP) is 5.51. The van der Waals surface area contributed by atoms with Gasteiger partial charge in [0.15, 0.2) is 0 Å². The fourth-order valence-electron chi connectivity index (χ4n) is 3.94. The maximum Gasteiger partial charge on any atom is 0.294 e. The Morgan fingerprint density at radius 1 is 1.09 bits per heavy atom. The first-order valence-electron chi connectivity index (χ1n) is 10.5. The zero-order valence-electron chi connectivity index (χ0n) is 18.5. The summed E-state index contributed by atoms with van der Waals surface area (Å²) in [6, 6.07) is 13.9. The van der Waals surface area contributed by atoms with Crippen LogP contribution in [0.2, 0.25) is 0 Å². The molecule has 32 heavy (non-hydrogen) atoms. The van der Waals surface area contributed by atoms with E-state index in [1.54, 1.807) is 6.08 Å². The van der Waals surface area contributed by atoms with Crippen molar-refractivity contribution in [1.29, 1.82) is 0 Å². The van der Waals surface area contributed by atoms with Crippen molar-refractivity contribution in [3.63, 3.8) is 0 Å². The first-order valence-corrected chi connectivity index (χ1v) is 11.3. The topological polar surface area (TPSA) is 71.4 Å². The average molecular weight is 448 g/mol. The molecule has 1 aliphatic heterocycles. The highest BCUT2D eigenvalue weighted by Gasteiger charge is 2.36. The molecule has 0 bridgehead atoms. The first-order chi connectivity index (χ1) is 15.2. The van der Waals surface area contributed by atoms with Crippen LogP contribution in [0.25, 0.3) is 17.0 Å². The Morgan fingerprint density at radius 3 is 2.47 bits per heavy atom.